The van der Waals surface area contributed by atoms with Crippen molar-refractivity contribution in [1.82, 2.24) is 10.3 Å². The quantitative estimate of drug-likeness (QED) is 0.492. The van der Waals surface area contributed by atoms with Gasteiger partial charge < -0.3 is 0 Å². The van der Waals surface area contributed by atoms with Gasteiger partial charge in [-0.2, -0.15) is 0 Å². The predicted molar refractivity (Wildman–Crippen MR) is 80.4 cm³/mol. The summed E-state index contributed by atoms with van der Waals surface area (Å²) in [6.45, 7) is 4.70. The molecule has 0 radical (unpaired) electrons. The van der Waals surface area contributed by atoms with Gasteiger partial charge in [-0.15, -0.1) is 5.17 Å². The summed E-state index contributed by atoms with van der Waals surface area (Å²) in [6.07, 6.45) is 5.92. The molecule has 1 aromatic rings. The fraction of sp³-hybridized carbons (Fsp3) is 0.625. The molecule has 4 nitrogen and oxygen atoms in total. The lowest BCUT2D eigenvalue weighted by molar-refractivity contribution is -0.387. The van der Waals surface area contributed by atoms with Crippen LogP contribution in [0.1, 0.15) is 64.0 Å². The Bertz CT molecular complexity index is 346. The summed E-state index contributed by atoms with van der Waals surface area (Å²) in [4.78, 5) is 0. The maximum absolute atomic E-state index is 10.3. The molecule has 20 heavy (non-hydrogen) atoms. The van der Waals surface area contributed by atoms with Gasteiger partial charge in [0.15, 0.2) is 0 Å². The lowest BCUT2D eigenvalue weighted by Crippen LogP contribution is -2.41. The first kappa shape index (κ1) is 17.1. The molecule has 0 amide bonds. The Balaban J connectivity index is 2.66. The number of hydrazine groups is 1. The SMILES string of the molecule is CCCCCN(O)N(O)C(CCCC)c1ccccc1. The van der Waals surface area contributed by atoms with Gasteiger partial charge in [0, 0.05) is 6.54 Å². The van der Waals surface area contributed by atoms with Gasteiger partial charge in [-0.1, -0.05) is 75.0 Å². The molecule has 1 rings (SSSR count). The van der Waals surface area contributed by atoms with E-state index in [1.54, 1.807) is 0 Å². The Morgan fingerprint density at radius 1 is 0.950 bits per heavy atom. The smallest absolute Gasteiger partial charge is 0.0784 e. The van der Waals surface area contributed by atoms with Crippen LogP contribution >= 0.6 is 0 Å². The summed E-state index contributed by atoms with van der Waals surface area (Å²) < 4.78 is 0. The van der Waals surface area contributed by atoms with Gasteiger partial charge in [-0.05, 0) is 18.4 Å². The minimum Gasteiger partial charge on any atom is -0.297 e. The van der Waals surface area contributed by atoms with Gasteiger partial charge in [0.1, 0.15) is 0 Å². The van der Waals surface area contributed by atoms with Crippen LogP contribution in [0.4, 0.5) is 0 Å². The molecule has 0 fully saturated rings. The van der Waals surface area contributed by atoms with E-state index in [2.05, 4.69) is 13.8 Å². The van der Waals surface area contributed by atoms with Gasteiger partial charge in [0.2, 0.25) is 0 Å². The number of rotatable bonds is 10. The van der Waals surface area contributed by atoms with Crippen LogP contribution in [-0.4, -0.2) is 27.3 Å². The maximum atomic E-state index is 10.3. The molecule has 0 heterocycles. The minimum absolute atomic E-state index is 0.192. The van der Waals surface area contributed by atoms with Crippen LogP contribution in [0.3, 0.4) is 0 Å². The standard InChI is InChI=1S/C16H28N2O2/c1-3-5-10-14-17(19)18(20)16(13-6-4-2)15-11-8-7-9-12-15/h7-9,11-12,16,19-20H,3-6,10,13-14H2,1-2H3. The van der Waals surface area contributed by atoms with E-state index in [9.17, 15) is 10.4 Å². The molecular formula is C16H28N2O2. The second-order valence-corrected chi connectivity index (χ2v) is 5.19. The summed E-state index contributed by atoms with van der Waals surface area (Å²) in [5, 5.41) is 22.2. The van der Waals surface area contributed by atoms with E-state index in [4.69, 9.17) is 0 Å². The monoisotopic (exact) mass is 280 g/mol. The first-order valence-corrected chi connectivity index (χ1v) is 7.70. The molecule has 0 aliphatic heterocycles. The topological polar surface area (TPSA) is 46.9 Å². The van der Waals surface area contributed by atoms with E-state index in [-0.39, 0.29) is 6.04 Å². The highest BCUT2D eigenvalue weighted by Gasteiger charge is 2.22. The number of nitrogens with zero attached hydrogens (tertiary/aromatic N) is 2. The first-order chi connectivity index (χ1) is 9.70. The molecule has 1 unspecified atom stereocenters. The van der Waals surface area contributed by atoms with Crippen LogP contribution in [0, 0.1) is 0 Å². The van der Waals surface area contributed by atoms with Crippen LogP contribution in [0.2, 0.25) is 0 Å². The summed E-state index contributed by atoms with van der Waals surface area (Å²) in [7, 11) is 0. The number of benzene rings is 1. The van der Waals surface area contributed by atoms with Gasteiger partial charge in [0.25, 0.3) is 0 Å². The van der Waals surface area contributed by atoms with E-state index < -0.39 is 0 Å². The van der Waals surface area contributed by atoms with Gasteiger partial charge in [-0.25, -0.2) is 0 Å². The molecule has 114 valence electrons. The average molecular weight is 280 g/mol. The molecule has 0 aliphatic carbocycles. The predicted octanol–water partition coefficient (Wildman–Crippen LogP) is 4.41. The van der Waals surface area contributed by atoms with Crippen molar-refractivity contribution in [2.75, 3.05) is 6.54 Å². The fourth-order valence-corrected chi connectivity index (χ4v) is 2.25. The van der Waals surface area contributed by atoms with Crippen molar-refractivity contribution in [2.45, 2.75) is 58.4 Å². The second-order valence-electron chi connectivity index (χ2n) is 5.19. The zero-order valence-electron chi connectivity index (χ0n) is 12.7. The lowest BCUT2D eigenvalue weighted by Gasteiger charge is -2.31. The van der Waals surface area contributed by atoms with Crippen molar-refractivity contribution in [3.8, 4) is 0 Å². The van der Waals surface area contributed by atoms with Crippen molar-refractivity contribution in [2.24, 2.45) is 0 Å². The van der Waals surface area contributed by atoms with Crippen LogP contribution < -0.4 is 0 Å². The van der Waals surface area contributed by atoms with E-state index >= 15 is 0 Å². The highest BCUT2D eigenvalue weighted by Crippen LogP contribution is 2.25. The Morgan fingerprint density at radius 3 is 2.20 bits per heavy atom. The molecule has 0 saturated heterocycles. The highest BCUT2D eigenvalue weighted by molar-refractivity contribution is 5.18. The van der Waals surface area contributed by atoms with E-state index in [0.29, 0.717) is 6.54 Å². The number of unbranched alkanes of at least 4 members (excludes halogenated alkanes) is 3. The van der Waals surface area contributed by atoms with Crippen molar-refractivity contribution < 1.29 is 10.4 Å². The van der Waals surface area contributed by atoms with Crippen molar-refractivity contribution in [3.05, 3.63) is 35.9 Å². The van der Waals surface area contributed by atoms with E-state index in [1.807, 2.05) is 30.3 Å². The van der Waals surface area contributed by atoms with Crippen molar-refractivity contribution >= 4 is 0 Å². The van der Waals surface area contributed by atoms with E-state index in [0.717, 1.165) is 54.4 Å². The van der Waals surface area contributed by atoms with E-state index in [1.165, 1.54) is 0 Å². The molecule has 1 aromatic carbocycles. The lowest BCUT2D eigenvalue weighted by atomic mass is 10.0. The third kappa shape index (κ3) is 5.59. The third-order valence-electron chi connectivity index (χ3n) is 3.49. The normalized spacial score (nSPS) is 13.1. The molecule has 0 spiro atoms. The fourth-order valence-electron chi connectivity index (χ4n) is 2.25. The molecule has 1 atom stereocenters. The molecule has 4 heteroatoms. The van der Waals surface area contributed by atoms with Crippen molar-refractivity contribution in [1.29, 1.82) is 0 Å². The van der Waals surface area contributed by atoms with Crippen LogP contribution in [-0.2, 0) is 0 Å². The molecular weight excluding hydrogens is 252 g/mol. The van der Waals surface area contributed by atoms with Gasteiger partial charge in [-0.3, -0.25) is 10.4 Å². The second kappa shape index (κ2) is 9.88. The summed E-state index contributed by atoms with van der Waals surface area (Å²) in [6, 6.07) is 9.66. The first-order valence-electron chi connectivity index (χ1n) is 7.70. The van der Waals surface area contributed by atoms with Gasteiger partial charge in [0.05, 0.1) is 6.04 Å². The Kier molecular flexibility index (Phi) is 8.46. The Hall–Kier alpha value is -0.940. The summed E-state index contributed by atoms with van der Waals surface area (Å²) in [5.74, 6) is 0. The minimum atomic E-state index is -0.192. The maximum Gasteiger partial charge on any atom is 0.0784 e. The number of hydrogen-bond donors (Lipinski definition) is 2. The molecule has 0 aromatic heterocycles. The Labute approximate surface area is 122 Å². The van der Waals surface area contributed by atoms with Gasteiger partial charge >= 0.3 is 0 Å². The zero-order chi connectivity index (χ0) is 14.8. The largest absolute Gasteiger partial charge is 0.297 e. The third-order valence-corrected chi connectivity index (χ3v) is 3.49. The molecule has 0 saturated carbocycles. The molecule has 0 bridgehead atoms. The molecule has 0 aliphatic rings. The van der Waals surface area contributed by atoms with Crippen LogP contribution in [0.5, 0.6) is 0 Å². The zero-order valence-corrected chi connectivity index (χ0v) is 12.7. The highest BCUT2D eigenvalue weighted by atomic mass is 16.7. The summed E-state index contributed by atoms with van der Waals surface area (Å²) >= 11 is 0. The summed E-state index contributed by atoms with van der Waals surface area (Å²) in [5.41, 5.74) is 1.03. The van der Waals surface area contributed by atoms with Crippen molar-refractivity contribution in [3.63, 3.8) is 0 Å². The molecule has 2 N–H and O–H groups in total. The Morgan fingerprint density at radius 2 is 1.60 bits per heavy atom. The van der Waals surface area contributed by atoms with Crippen LogP contribution in [0.25, 0.3) is 0 Å². The average Bonchev–Trinajstić information content (AvgIpc) is 2.48. The number of hydrogen-bond acceptors (Lipinski definition) is 4. The van der Waals surface area contributed by atoms with Crippen LogP contribution in [0.15, 0.2) is 30.3 Å². The number of hydroxylamine groups is 2.